The van der Waals surface area contributed by atoms with E-state index in [1.165, 1.54) is 5.56 Å². The first-order valence-corrected chi connectivity index (χ1v) is 10.5. The van der Waals surface area contributed by atoms with E-state index in [1.54, 1.807) is 22.8 Å². The number of hydrogen-bond acceptors (Lipinski definition) is 2. The van der Waals surface area contributed by atoms with Gasteiger partial charge in [0.1, 0.15) is 5.82 Å². The molecule has 6 heteroatoms. The Morgan fingerprint density at radius 1 is 0.800 bits per heavy atom. The van der Waals surface area contributed by atoms with Crippen LogP contribution in [0.25, 0.3) is 5.69 Å². The van der Waals surface area contributed by atoms with Crippen LogP contribution in [0.5, 0.6) is 0 Å². The quantitative estimate of drug-likeness (QED) is 0.379. The van der Waals surface area contributed by atoms with Crippen molar-refractivity contribution in [3.63, 3.8) is 0 Å². The van der Waals surface area contributed by atoms with Crippen molar-refractivity contribution in [1.29, 1.82) is 0 Å². The van der Waals surface area contributed by atoms with Gasteiger partial charge < -0.3 is 5.32 Å². The third kappa shape index (κ3) is 4.61. The summed E-state index contributed by atoms with van der Waals surface area (Å²) in [5.74, 6) is 0.714. The van der Waals surface area contributed by atoms with Gasteiger partial charge in [-0.15, -0.1) is 0 Å². The summed E-state index contributed by atoms with van der Waals surface area (Å²) in [4.78, 5) is 15.8. The van der Waals surface area contributed by atoms with Crippen molar-refractivity contribution in [3.05, 3.63) is 116 Å². The molecule has 0 bridgehead atoms. The second kappa shape index (κ2) is 9.24. The van der Waals surface area contributed by atoms with Gasteiger partial charge in [0.15, 0.2) is 0 Å². The highest BCUT2D eigenvalue weighted by molar-refractivity contribution is 6.42. The van der Waals surface area contributed by atoms with Gasteiger partial charge in [0.25, 0.3) is 0 Å². The fourth-order valence-corrected chi connectivity index (χ4v) is 3.74. The van der Waals surface area contributed by atoms with E-state index in [0.29, 0.717) is 34.5 Å². The number of aromatic amines is 1. The molecule has 0 saturated carbocycles. The molecule has 0 spiro atoms. The summed E-state index contributed by atoms with van der Waals surface area (Å²) < 4.78 is 1.67. The summed E-state index contributed by atoms with van der Waals surface area (Å²) in [5.41, 5.74) is 3.68. The van der Waals surface area contributed by atoms with E-state index in [4.69, 9.17) is 23.2 Å². The Bertz CT molecular complexity index is 1180. The van der Waals surface area contributed by atoms with Crippen molar-refractivity contribution in [2.24, 2.45) is 0 Å². The van der Waals surface area contributed by atoms with Crippen molar-refractivity contribution >= 4 is 29.0 Å². The smallest absolute Gasteiger partial charge is 0.331 e. The number of imidazole rings is 1. The fourth-order valence-electron chi connectivity index (χ4n) is 3.44. The molecular weight excluding hydrogens is 417 g/mol. The zero-order valence-electron chi connectivity index (χ0n) is 16.2. The molecule has 4 rings (SSSR count). The summed E-state index contributed by atoms with van der Waals surface area (Å²) in [5, 5.41) is 4.26. The van der Waals surface area contributed by atoms with E-state index in [2.05, 4.69) is 22.4 Å². The number of nitrogens with zero attached hydrogens (tertiary/aromatic N) is 1. The van der Waals surface area contributed by atoms with Gasteiger partial charge >= 0.3 is 5.69 Å². The first-order chi connectivity index (χ1) is 14.6. The highest BCUT2D eigenvalue weighted by Gasteiger charge is 2.16. The van der Waals surface area contributed by atoms with Gasteiger partial charge in [0, 0.05) is 6.54 Å². The third-order valence-electron chi connectivity index (χ3n) is 4.96. The van der Waals surface area contributed by atoms with Gasteiger partial charge in [-0.05, 0) is 42.2 Å². The molecule has 2 N–H and O–H groups in total. The van der Waals surface area contributed by atoms with Gasteiger partial charge in [-0.25, -0.2) is 4.79 Å². The molecule has 4 nitrogen and oxygen atoms in total. The number of hydrogen-bond donors (Lipinski definition) is 2. The van der Waals surface area contributed by atoms with Gasteiger partial charge in [0.2, 0.25) is 0 Å². The summed E-state index contributed by atoms with van der Waals surface area (Å²) in [6.45, 7) is 0.612. The van der Waals surface area contributed by atoms with Crippen molar-refractivity contribution in [2.45, 2.75) is 19.4 Å². The molecule has 1 aromatic heterocycles. The Kier molecular flexibility index (Phi) is 6.26. The summed E-state index contributed by atoms with van der Waals surface area (Å²) in [6, 6.07) is 25.5. The van der Waals surface area contributed by atoms with E-state index < -0.39 is 0 Å². The molecule has 3 aromatic carbocycles. The number of rotatable bonds is 7. The predicted molar refractivity (Wildman–Crippen MR) is 124 cm³/mol. The normalized spacial score (nSPS) is 10.9. The standard InChI is InChI=1S/C24H21Cl2N3O/c25-20-13-12-19(15-21(20)26)29-22(14-11-17-7-3-1-4-8-17)23(28-24(29)30)27-16-18-9-5-2-6-10-18/h1-10,12-13,15,27H,11,14,16H2,(H,28,30). The minimum atomic E-state index is -0.216. The van der Waals surface area contributed by atoms with Gasteiger partial charge in [-0.1, -0.05) is 83.9 Å². The van der Waals surface area contributed by atoms with E-state index in [0.717, 1.165) is 17.7 Å². The Morgan fingerprint density at radius 2 is 1.47 bits per heavy atom. The van der Waals surface area contributed by atoms with Crippen LogP contribution in [0, 0.1) is 0 Å². The second-order valence-electron chi connectivity index (χ2n) is 7.01. The Hall–Kier alpha value is -2.95. The predicted octanol–water partition coefficient (Wildman–Crippen LogP) is 5.87. The number of halogens is 2. The molecule has 0 unspecified atom stereocenters. The molecule has 0 aliphatic carbocycles. The van der Waals surface area contributed by atoms with Crippen molar-refractivity contribution < 1.29 is 0 Å². The van der Waals surface area contributed by atoms with Crippen molar-refractivity contribution in [3.8, 4) is 5.69 Å². The number of aromatic nitrogens is 2. The van der Waals surface area contributed by atoms with Crippen LogP contribution in [-0.2, 0) is 19.4 Å². The summed E-state index contributed by atoms with van der Waals surface area (Å²) in [6.07, 6.45) is 1.49. The lowest BCUT2D eigenvalue weighted by Gasteiger charge is -2.12. The van der Waals surface area contributed by atoms with Crippen LogP contribution in [0.2, 0.25) is 10.0 Å². The minimum Gasteiger partial charge on any atom is -0.366 e. The van der Waals surface area contributed by atoms with Crippen LogP contribution in [0.4, 0.5) is 5.82 Å². The molecule has 0 amide bonds. The highest BCUT2D eigenvalue weighted by Crippen LogP contribution is 2.26. The van der Waals surface area contributed by atoms with E-state index in [1.807, 2.05) is 48.5 Å². The topological polar surface area (TPSA) is 49.8 Å². The highest BCUT2D eigenvalue weighted by atomic mass is 35.5. The lowest BCUT2D eigenvalue weighted by Crippen LogP contribution is -2.17. The minimum absolute atomic E-state index is 0.216. The van der Waals surface area contributed by atoms with E-state index >= 15 is 0 Å². The lowest BCUT2D eigenvalue weighted by atomic mass is 10.1. The number of H-pyrrole nitrogens is 1. The zero-order valence-corrected chi connectivity index (χ0v) is 17.8. The molecule has 0 atom stereocenters. The Morgan fingerprint density at radius 3 is 2.13 bits per heavy atom. The molecule has 1 heterocycles. The van der Waals surface area contributed by atoms with Crippen LogP contribution in [0.3, 0.4) is 0 Å². The van der Waals surface area contributed by atoms with Crippen LogP contribution >= 0.6 is 23.2 Å². The summed E-state index contributed by atoms with van der Waals surface area (Å²) in [7, 11) is 0. The first-order valence-electron chi connectivity index (χ1n) is 9.73. The molecule has 0 aliphatic rings. The lowest BCUT2D eigenvalue weighted by molar-refractivity contribution is 0.847. The first kappa shape index (κ1) is 20.3. The fraction of sp³-hybridized carbons (Fsp3) is 0.125. The average molecular weight is 438 g/mol. The molecule has 0 saturated heterocycles. The SMILES string of the molecule is O=c1[nH]c(NCc2ccccc2)c(CCc2ccccc2)n1-c1ccc(Cl)c(Cl)c1. The van der Waals surface area contributed by atoms with Crippen LogP contribution in [-0.4, -0.2) is 9.55 Å². The molecule has 0 aliphatic heterocycles. The second-order valence-corrected chi connectivity index (χ2v) is 7.82. The van der Waals surface area contributed by atoms with Crippen LogP contribution in [0.1, 0.15) is 16.8 Å². The van der Waals surface area contributed by atoms with Crippen LogP contribution < -0.4 is 11.0 Å². The Balaban J connectivity index is 1.69. The molecule has 30 heavy (non-hydrogen) atoms. The number of aryl methyl sites for hydroxylation is 1. The number of benzene rings is 3. The maximum atomic E-state index is 12.9. The molecule has 0 fully saturated rings. The maximum Gasteiger partial charge on any atom is 0.331 e. The molecule has 152 valence electrons. The van der Waals surface area contributed by atoms with Gasteiger partial charge in [0.05, 0.1) is 21.4 Å². The number of anilines is 1. The van der Waals surface area contributed by atoms with Crippen molar-refractivity contribution in [1.82, 2.24) is 9.55 Å². The molecule has 0 radical (unpaired) electrons. The Labute approximate surface area is 185 Å². The largest absolute Gasteiger partial charge is 0.366 e. The van der Waals surface area contributed by atoms with Crippen molar-refractivity contribution in [2.75, 3.05) is 5.32 Å². The third-order valence-corrected chi connectivity index (χ3v) is 5.70. The zero-order chi connectivity index (χ0) is 20.9. The van der Waals surface area contributed by atoms with E-state index in [-0.39, 0.29) is 5.69 Å². The average Bonchev–Trinajstić information content (AvgIpc) is 3.09. The maximum absolute atomic E-state index is 12.9. The summed E-state index contributed by atoms with van der Waals surface area (Å²) >= 11 is 12.3. The molecular formula is C24H21Cl2N3O. The van der Waals surface area contributed by atoms with Gasteiger partial charge in [-0.3, -0.25) is 9.55 Å². The monoisotopic (exact) mass is 437 g/mol. The van der Waals surface area contributed by atoms with Gasteiger partial charge in [-0.2, -0.15) is 0 Å². The van der Waals surface area contributed by atoms with Crippen LogP contribution in [0.15, 0.2) is 83.7 Å². The number of nitrogens with one attached hydrogen (secondary N) is 2. The molecule has 4 aromatic rings. The van der Waals surface area contributed by atoms with E-state index in [9.17, 15) is 4.79 Å².